The molecule has 0 aromatic rings. The summed E-state index contributed by atoms with van der Waals surface area (Å²) in [6.07, 6.45) is 1.14. The highest BCUT2D eigenvalue weighted by Crippen LogP contribution is 2.11. The van der Waals surface area contributed by atoms with E-state index in [0.29, 0.717) is 12.6 Å². The van der Waals surface area contributed by atoms with Gasteiger partial charge in [0.15, 0.2) is 0 Å². The van der Waals surface area contributed by atoms with E-state index in [-0.39, 0.29) is 0 Å². The summed E-state index contributed by atoms with van der Waals surface area (Å²) in [5, 5.41) is 3.36. The molecule has 1 N–H and O–H groups in total. The molecule has 0 radical (unpaired) electrons. The van der Waals surface area contributed by atoms with Crippen molar-refractivity contribution in [1.29, 1.82) is 0 Å². The van der Waals surface area contributed by atoms with Crippen LogP contribution in [-0.2, 0) is 4.74 Å². The molecule has 1 unspecified atom stereocenters. The quantitative estimate of drug-likeness (QED) is 0.704. The van der Waals surface area contributed by atoms with Crippen molar-refractivity contribution in [3.05, 3.63) is 0 Å². The van der Waals surface area contributed by atoms with E-state index in [9.17, 15) is 8.78 Å². The van der Waals surface area contributed by atoms with Gasteiger partial charge in [-0.3, -0.25) is 0 Å². The zero-order chi connectivity index (χ0) is 11.8. The predicted octanol–water partition coefficient (Wildman–Crippen LogP) is 1.34. The van der Waals surface area contributed by atoms with Crippen LogP contribution >= 0.6 is 0 Å². The molecule has 0 bridgehead atoms. The highest BCUT2D eigenvalue weighted by atomic mass is 19.3. The summed E-state index contributed by atoms with van der Waals surface area (Å²) in [6.45, 7) is 2.82. The molecule has 16 heavy (non-hydrogen) atoms. The summed E-state index contributed by atoms with van der Waals surface area (Å²) in [6, 6.07) is 0.560. The van der Waals surface area contributed by atoms with Gasteiger partial charge in [0, 0.05) is 12.6 Å². The minimum atomic E-state index is -2.35. The van der Waals surface area contributed by atoms with Crippen LogP contribution in [0.2, 0.25) is 0 Å². The van der Waals surface area contributed by atoms with Crippen LogP contribution in [0.15, 0.2) is 0 Å². The highest BCUT2D eigenvalue weighted by Gasteiger charge is 2.16. The van der Waals surface area contributed by atoms with E-state index < -0.39 is 13.0 Å². The Morgan fingerprint density at radius 2 is 2.19 bits per heavy atom. The van der Waals surface area contributed by atoms with Gasteiger partial charge in [0.05, 0.1) is 6.61 Å². The number of ether oxygens (including phenoxy) is 1. The van der Waals surface area contributed by atoms with Crippen LogP contribution in [0.5, 0.6) is 0 Å². The molecule has 1 rings (SSSR count). The van der Waals surface area contributed by atoms with Crippen LogP contribution in [0.3, 0.4) is 0 Å². The average Bonchev–Trinajstić information content (AvgIpc) is 2.52. The number of halogens is 2. The second-order valence-corrected chi connectivity index (χ2v) is 4.28. The van der Waals surface area contributed by atoms with Crippen LogP contribution in [0.25, 0.3) is 0 Å². The van der Waals surface area contributed by atoms with E-state index in [1.807, 2.05) is 7.05 Å². The summed E-state index contributed by atoms with van der Waals surface area (Å²) in [5.41, 5.74) is 0. The maximum atomic E-state index is 11.8. The molecule has 0 aromatic heterocycles. The number of nitrogens with one attached hydrogen (secondary N) is 1. The first kappa shape index (κ1) is 13.8. The van der Waals surface area contributed by atoms with Crippen molar-refractivity contribution in [1.82, 2.24) is 10.2 Å². The van der Waals surface area contributed by atoms with Crippen molar-refractivity contribution < 1.29 is 13.5 Å². The van der Waals surface area contributed by atoms with Gasteiger partial charge >= 0.3 is 0 Å². The van der Waals surface area contributed by atoms with Crippen molar-refractivity contribution in [3.8, 4) is 0 Å². The zero-order valence-corrected chi connectivity index (χ0v) is 9.92. The first-order chi connectivity index (χ1) is 7.70. The van der Waals surface area contributed by atoms with Gasteiger partial charge in [-0.2, -0.15) is 0 Å². The lowest BCUT2D eigenvalue weighted by Gasteiger charge is -2.26. The van der Waals surface area contributed by atoms with E-state index in [4.69, 9.17) is 4.74 Å². The molecule has 0 amide bonds. The molecule has 1 saturated heterocycles. The fourth-order valence-corrected chi connectivity index (χ4v) is 2.01. The van der Waals surface area contributed by atoms with Gasteiger partial charge in [-0.1, -0.05) is 0 Å². The minimum absolute atomic E-state index is 0.394. The van der Waals surface area contributed by atoms with Gasteiger partial charge in [0.25, 0.3) is 6.43 Å². The van der Waals surface area contributed by atoms with Gasteiger partial charge < -0.3 is 15.0 Å². The van der Waals surface area contributed by atoms with Crippen LogP contribution in [-0.4, -0.2) is 57.3 Å². The van der Waals surface area contributed by atoms with Crippen LogP contribution in [0.4, 0.5) is 8.78 Å². The third kappa shape index (κ3) is 5.72. The predicted molar refractivity (Wildman–Crippen MR) is 60.0 cm³/mol. The first-order valence-corrected chi connectivity index (χ1v) is 5.97. The fraction of sp³-hybridized carbons (Fsp3) is 1.00. The Hall–Kier alpha value is -0.260. The molecule has 96 valence electrons. The van der Waals surface area contributed by atoms with Gasteiger partial charge in [-0.15, -0.1) is 0 Å². The van der Waals surface area contributed by atoms with Crippen LogP contribution in [0.1, 0.15) is 19.3 Å². The number of rotatable bonds is 6. The Morgan fingerprint density at radius 1 is 1.38 bits per heavy atom. The molecule has 1 fully saturated rings. The maximum Gasteiger partial charge on any atom is 0.261 e. The average molecular weight is 236 g/mol. The second-order valence-electron chi connectivity index (χ2n) is 4.28. The minimum Gasteiger partial charge on any atom is -0.374 e. The van der Waals surface area contributed by atoms with E-state index in [1.54, 1.807) is 0 Å². The smallest absolute Gasteiger partial charge is 0.261 e. The third-order valence-corrected chi connectivity index (χ3v) is 3.00. The van der Waals surface area contributed by atoms with Crippen LogP contribution < -0.4 is 5.32 Å². The second kappa shape index (κ2) is 7.92. The van der Waals surface area contributed by atoms with E-state index in [2.05, 4.69) is 10.2 Å². The van der Waals surface area contributed by atoms with E-state index in [1.165, 1.54) is 12.8 Å². The van der Waals surface area contributed by atoms with Crippen molar-refractivity contribution in [2.75, 3.05) is 39.9 Å². The molecular weight excluding hydrogens is 214 g/mol. The van der Waals surface area contributed by atoms with Crippen molar-refractivity contribution in [3.63, 3.8) is 0 Å². The molecule has 1 heterocycles. The lowest BCUT2D eigenvalue weighted by Crippen LogP contribution is -2.35. The highest BCUT2D eigenvalue weighted by molar-refractivity contribution is 4.73. The monoisotopic (exact) mass is 236 g/mol. The summed E-state index contributed by atoms with van der Waals surface area (Å²) in [5.74, 6) is 0. The molecule has 0 aromatic carbocycles. The standard InChI is InChI=1S/C11H22F2N2O/c1-15(7-8-16-9-11(12)13)10-3-2-5-14-6-4-10/h10-11,14H,2-9H2,1H3. The molecule has 1 aliphatic heterocycles. The number of nitrogens with zero attached hydrogens (tertiary/aromatic N) is 1. The Balaban J connectivity index is 2.10. The topological polar surface area (TPSA) is 24.5 Å². The van der Waals surface area contributed by atoms with Gasteiger partial charge in [0.1, 0.15) is 6.61 Å². The summed E-state index contributed by atoms with van der Waals surface area (Å²) in [7, 11) is 2.04. The summed E-state index contributed by atoms with van der Waals surface area (Å²) >= 11 is 0. The van der Waals surface area contributed by atoms with Crippen molar-refractivity contribution in [2.24, 2.45) is 0 Å². The van der Waals surface area contributed by atoms with Crippen molar-refractivity contribution >= 4 is 0 Å². The van der Waals surface area contributed by atoms with Gasteiger partial charge in [-0.25, -0.2) is 8.78 Å². The molecular formula is C11H22F2N2O. The largest absolute Gasteiger partial charge is 0.374 e. The SMILES string of the molecule is CN(CCOCC(F)F)C1CCCNCC1. The summed E-state index contributed by atoms with van der Waals surface area (Å²) < 4.78 is 28.5. The lowest BCUT2D eigenvalue weighted by atomic mass is 10.1. The molecule has 1 atom stereocenters. The number of likely N-dealkylation sites (N-methyl/N-ethyl adjacent to an activating group) is 1. The Labute approximate surface area is 96.1 Å². The van der Waals surface area contributed by atoms with Crippen molar-refractivity contribution in [2.45, 2.75) is 31.7 Å². The molecule has 3 nitrogen and oxygen atoms in total. The Kier molecular flexibility index (Phi) is 6.84. The molecule has 5 heteroatoms. The van der Waals surface area contributed by atoms with Crippen LogP contribution in [0, 0.1) is 0 Å². The summed E-state index contributed by atoms with van der Waals surface area (Å²) in [4.78, 5) is 2.22. The zero-order valence-electron chi connectivity index (χ0n) is 9.92. The molecule has 1 aliphatic rings. The number of hydrogen-bond donors (Lipinski definition) is 1. The lowest BCUT2D eigenvalue weighted by molar-refractivity contribution is 0.00818. The number of hydrogen-bond acceptors (Lipinski definition) is 3. The molecule has 0 spiro atoms. The maximum absolute atomic E-state index is 11.8. The fourth-order valence-electron chi connectivity index (χ4n) is 2.01. The Morgan fingerprint density at radius 3 is 2.94 bits per heavy atom. The third-order valence-electron chi connectivity index (χ3n) is 3.00. The van der Waals surface area contributed by atoms with E-state index in [0.717, 1.165) is 26.1 Å². The normalized spacial score (nSPS) is 22.7. The van der Waals surface area contributed by atoms with Gasteiger partial charge in [0.2, 0.25) is 0 Å². The number of alkyl halides is 2. The first-order valence-electron chi connectivity index (χ1n) is 5.97. The van der Waals surface area contributed by atoms with E-state index >= 15 is 0 Å². The molecule has 0 saturated carbocycles. The Bertz CT molecular complexity index is 173. The molecule has 0 aliphatic carbocycles. The van der Waals surface area contributed by atoms with Gasteiger partial charge in [-0.05, 0) is 39.4 Å².